The molecule has 0 heterocycles. The molecule has 7 heteroatoms. The molecule has 1 unspecified atom stereocenters. The summed E-state index contributed by atoms with van der Waals surface area (Å²) in [6.07, 6.45) is 0. The number of rotatable bonds is 5. The van der Waals surface area contributed by atoms with Gasteiger partial charge in [0.05, 0.1) is 11.4 Å². The summed E-state index contributed by atoms with van der Waals surface area (Å²) in [6.45, 7) is 3.00. The number of sulfonamides is 1. The van der Waals surface area contributed by atoms with Gasteiger partial charge in [0.1, 0.15) is 6.04 Å². The maximum Gasteiger partial charge on any atom is 0.245 e. The van der Waals surface area contributed by atoms with E-state index in [0.29, 0.717) is 5.69 Å². The molecule has 1 rings (SSSR count). The summed E-state index contributed by atoms with van der Waals surface area (Å²) < 4.78 is 26.1. The number of carbonyl (C=O) groups excluding carboxylic acids is 1. The molecule has 0 aromatic heterocycles. The van der Waals surface area contributed by atoms with Crippen LogP contribution in [-0.2, 0) is 14.8 Å². The van der Waals surface area contributed by atoms with Crippen molar-refractivity contribution in [3.8, 4) is 0 Å². The van der Waals surface area contributed by atoms with E-state index in [0.717, 1.165) is 7.88 Å². The van der Waals surface area contributed by atoms with Gasteiger partial charge in [-0.2, -0.15) is 0 Å². The van der Waals surface area contributed by atoms with Crippen LogP contribution in [0.4, 0.5) is 5.69 Å². The van der Waals surface area contributed by atoms with Crippen LogP contribution >= 0.6 is 34.2 Å². The fraction of sp³-hybridized carbons (Fsp3) is 0.364. The number of carbonyl (C=O) groups is 1. The summed E-state index contributed by atoms with van der Waals surface area (Å²) in [5, 5.41) is -0.703. The Balaban J connectivity index is 3.29. The lowest BCUT2D eigenvalue weighted by atomic mass is 10.3. The Bertz CT molecular complexity index is 530. The normalized spacial score (nSPS) is 13.1. The zero-order valence-corrected chi connectivity index (χ0v) is 13.7. The number of hydrogen-bond acceptors (Lipinski definition) is 3. The second kappa shape index (κ2) is 6.21. The molecule has 0 aliphatic carbocycles. The van der Waals surface area contributed by atoms with Gasteiger partial charge in [0.15, 0.2) is 0 Å². The smallest absolute Gasteiger partial charge is 0.245 e. The topological polar surface area (TPSA) is 54.5 Å². The first-order valence-corrected chi connectivity index (χ1v) is 8.33. The molecule has 0 spiro atoms. The van der Waals surface area contributed by atoms with Crippen LogP contribution in [0.25, 0.3) is 0 Å². The van der Waals surface area contributed by atoms with E-state index in [2.05, 4.69) is 22.6 Å². The van der Waals surface area contributed by atoms with Gasteiger partial charge in [-0.1, -0.05) is 0 Å². The summed E-state index contributed by atoms with van der Waals surface area (Å²) in [7, 11) is -3.54. The molecular formula is C11H13ClINO3S. The van der Waals surface area contributed by atoms with Gasteiger partial charge in [0, 0.05) is 3.57 Å². The summed E-state index contributed by atoms with van der Waals surface area (Å²) >= 11 is 7.54. The van der Waals surface area contributed by atoms with Crippen molar-refractivity contribution in [2.24, 2.45) is 0 Å². The summed E-state index contributed by atoms with van der Waals surface area (Å²) in [6, 6.07) is 5.95. The zero-order chi connectivity index (χ0) is 13.9. The van der Waals surface area contributed by atoms with Crippen molar-refractivity contribution >= 4 is 55.1 Å². The molecule has 1 aromatic carbocycles. The Morgan fingerprint density at radius 3 is 2.28 bits per heavy atom. The highest BCUT2D eigenvalue weighted by Crippen LogP contribution is 2.23. The molecule has 0 aliphatic heterocycles. The molecule has 4 nitrogen and oxygen atoms in total. The predicted molar refractivity (Wildman–Crippen MR) is 81.4 cm³/mol. The Labute approximate surface area is 126 Å². The number of nitrogens with zero attached hydrogens (tertiary/aromatic N) is 1. The zero-order valence-electron chi connectivity index (χ0n) is 9.93. The number of benzene rings is 1. The van der Waals surface area contributed by atoms with Gasteiger partial charge in [0.2, 0.25) is 15.3 Å². The average Bonchev–Trinajstić information content (AvgIpc) is 2.31. The fourth-order valence-electron chi connectivity index (χ4n) is 1.44. The van der Waals surface area contributed by atoms with E-state index in [-0.39, 0.29) is 5.75 Å². The van der Waals surface area contributed by atoms with Crippen LogP contribution in [-0.4, -0.2) is 25.5 Å². The molecule has 1 atom stereocenters. The van der Waals surface area contributed by atoms with Crippen LogP contribution in [0.3, 0.4) is 0 Å². The minimum atomic E-state index is -3.54. The molecule has 0 bridgehead atoms. The second-order valence-electron chi connectivity index (χ2n) is 3.65. The molecule has 1 aromatic rings. The maximum absolute atomic E-state index is 12.0. The minimum absolute atomic E-state index is 0.0898. The molecule has 0 saturated heterocycles. The van der Waals surface area contributed by atoms with Crippen molar-refractivity contribution in [1.29, 1.82) is 0 Å². The highest BCUT2D eigenvalue weighted by Gasteiger charge is 2.29. The van der Waals surface area contributed by atoms with Crippen LogP contribution in [0.15, 0.2) is 24.3 Å². The van der Waals surface area contributed by atoms with Gasteiger partial charge < -0.3 is 0 Å². The van der Waals surface area contributed by atoms with Crippen LogP contribution in [0.5, 0.6) is 0 Å². The highest BCUT2D eigenvalue weighted by molar-refractivity contribution is 14.1. The number of anilines is 1. The van der Waals surface area contributed by atoms with Crippen molar-refractivity contribution in [3.63, 3.8) is 0 Å². The van der Waals surface area contributed by atoms with Crippen LogP contribution in [0.1, 0.15) is 13.8 Å². The molecule has 0 amide bonds. The highest BCUT2D eigenvalue weighted by atomic mass is 127. The van der Waals surface area contributed by atoms with Crippen LogP contribution < -0.4 is 4.31 Å². The van der Waals surface area contributed by atoms with Crippen molar-refractivity contribution in [1.82, 2.24) is 0 Å². The van der Waals surface area contributed by atoms with Crippen molar-refractivity contribution in [2.45, 2.75) is 19.9 Å². The average molecular weight is 402 g/mol. The summed E-state index contributed by atoms with van der Waals surface area (Å²) in [5.41, 5.74) is 0.443. The van der Waals surface area contributed by atoms with Gasteiger partial charge in [0.25, 0.3) is 0 Å². The number of hydrogen-bond donors (Lipinski definition) is 0. The third kappa shape index (κ3) is 3.58. The Hall–Kier alpha value is -0.340. The summed E-state index contributed by atoms with van der Waals surface area (Å²) in [5.74, 6) is -0.0898. The van der Waals surface area contributed by atoms with Crippen molar-refractivity contribution in [3.05, 3.63) is 27.8 Å². The van der Waals surface area contributed by atoms with E-state index in [1.165, 1.54) is 13.8 Å². The molecule has 0 saturated carbocycles. The van der Waals surface area contributed by atoms with Gasteiger partial charge >= 0.3 is 0 Å². The van der Waals surface area contributed by atoms with E-state index >= 15 is 0 Å². The minimum Gasteiger partial charge on any atom is -0.279 e. The third-order valence-corrected chi connectivity index (χ3v) is 5.32. The Kier molecular flexibility index (Phi) is 5.42. The third-order valence-electron chi connectivity index (χ3n) is 2.43. The van der Waals surface area contributed by atoms with Crippen molar-refractivity contribution in [2.75, 3.05) is 10.1 Å². The molecule has 100 valence electrons. The first-order chi connectivity index (χ1) is 8.29. The first kappa shape index (κ1) is 15.7. The monoisotopic (exact) mass is 401 g/mol. The quantitative estimate of drug-likeness (QED) is 0.563. The van der Waals surface area contributed by atoms with E-state index in [1.54, 1.807) is 24.3 Å². The fourth-order valence-corrected chi connectivity index (χ4v) is 3.26. The van der Waals surface area contributed by atoms with Crippen LogP contribution in [0, 0.1) is 3.57 Å². The number of halogens is 2. The predicted octanol–water partition coefficient (Wildman–Crippen LogP) is 2.60. The second-order valence-corrected chi connectivity index (χ2v) is 7.41. The Morgan fingerprint density at radius 1 is 1.39 bits per heavy atom. The molecule has 18 heavy (non-hydrogen) atoms. The SMILES string of the molecule is CCS(=O)(=O)N(c1ccc(I)cc1)C(C)C(=O)Cl. The lowest BCUT2D eigenvalue weighted by Crippen LogP contribution is -2.42. The van der Waals surface area contributed by atoms with E-state index in [4.69, 9.17) is 11.6 Å². The lowest BCUT2D eigenvalue weighted by molar-refractivity contribution is -0.112. The molecule has 0 N–H and O–H groups in total. The van der Waals surface area contributed by atoms with E-state index in [1.807, 2.05) is 0 Å². The standard InChI is InChI=1S/C11H13ClINO3S/c1-3-18(16,17)14(8(2)11(12)15)10-6-4-9(13)5-7-10/h4-8H,3H2,1-2H3. The molecular weight excluding hydrogens is 389 g/mol. The van der Waals surface area contributed by atoms with E-state index in [9.17, 15) is 13.2 Å². The first-order valence-electron chi connectivity index (χ1n) is 5.26. The molecule has 0 fully saturated rings. The summed E-state index contributed by atoms with van der Waals surface area (Å²) in [4.78, 5) is 11.2. The van der Waals surface area contributed by atoms with Crippen LogP contribution in [0.2, 0.25) is 0 Å². The maximum atomic E-state index is 12.0. The lowest BCUT2D eigenvalue weighted by Gasteiger charge is -2.27. The van der Waals surface area contributed by atoms with Gasteiger partial charge in [-0.15, -0.1) is 0 Å². The van der Waals surface area contributed by atoms with E-state index < -0.39 is 21.3 Å². The van der Waals surface area contributed by atoms with Crippen molar-refractivity contribution < 1.29 is 13.2 Å². The molecule has 0 radical (unpaired) electrons. The Morgan fingerprint density at radius 2 is 1.89 bits per heavy atom. The van der Waals surface area contributed by atoms with Gasteiger partial charge in [-0.05, 0) is 72.3 Å². The van der Waals surface area contributed by atoms with Gasteiger partial charge in [-0.3, -0.25) is 9.10 Å². The largest absolute Gasteiger partial charge is 0.279 e. The van der Waals surface area contributed by atoms with Gasteiger partial charge in [-0.25, -0.2) is 8.42 Å². The molecule has 0 aliphatic rings.